The van der Waals surface area contributed by atoms with E-state index in [2.05, 4.69) is 25.1 Å². The van der Waals surface area contributed by atoms with Crippen LogP contribution in [0.15, 0.2) is 23.2 Å². The monoisotopic (exact) mass is 255 g/mol. The van der Waals surface area contributed by atoms with Crippen molar-refractivity contribution in [2.24, 2.45) is 10.9 Å². The van der Waals surface area contributed by atoms with Gasteiger partial charge in [0.25, 0.3) is 0 Å². The molecule has 0 spiro atoms. The lowest BCUT2D eigenvalue weighted by Gasteiger charge is -2.23. The van der Waals surface area contributed by atoms with Crippen molar-refractivity contribution >= 4 is 11.4 Å². The molecule has 0 saturated heterocycles. The molecule has 3 rings (SSSR count). The zero-order valence-corrected chi connectivity index (χ0v) is 12.1. The molecule has 1 aromatic rings. The van der Waals surface area contributed by atoms with E-state index < -0.39 is 0 Å². The molecule has 102 valence electrons. The number of aliphatic imine (C=N–C) groups is 1. The molecular weight excluding hydrogens is 230 g/mol. The van der Waals surface area contributed by atoms with Gasteiger partial charge in [-0.25, -0.2) is 0 Å². The molecule has 1 aromatic carbocycles. The summed E-state index contributed by atoms with van der Waals surface area (Å²) in [6, 6.07) is 6.81. The number of nitrogens with zero attached hydrogens (tertiary/aromatic N) is 1. The van der Waals surface area contributed by atoms with Crippen LogP contribution >= 0.6 is 0 Å². The lowest BCUT2D eigenvalue weighted by molar-refractivity contribution is 0.421. The van der Waals surface area contributed by atoms with E-state index in [0.717, 1.165) is 5.92 Å². The summed E-state index contributed by atoms with van der Waals surface area (Å²) in [5.41, 5.74) is 5.58. The van der Waals surface area contributed by atoms with Crippen molar-refractivity contribution in [2.45, 2.75) is 64.7 Å². The maximum atomic E-state index is 4.99. The summed E-state index contributed by atoms with van der Waals surface area (Å²) in [7, 11) is 0. The van der Waals surface area contributed by atoms with Crippen LogP contribution in [-0.4, -0.2) is 5.71 Å². The van der Waals surface area contributed by atoms with Crippen molar-refractivity contribution in [1.29, 1.82) is 0 Å². The third-order valence-electron chi connectivity index (χ3n) is 4.69. The summed E-state index contributed by atoms with van der Waals surface area (Å²) in [6.45, 7) is 2.20. The third kappa shape index (κ3) is 3.26. The molecule has 0 aromatic heterocycles. The Kier molecular flexibility index (Phi) is 4.00. The normalized spacial score (nSPS) is 24.1. The zero-order valence-electron chi connectivity index (χ0n) is 12.1. The maximum Gasteiger partial charge on any atom is 0.0661 e. The summed E-state index contributed by atoms with van der Waals surface area (Å²) in [5, 5.41) is 0. The highest BCUT2D eigenvalue weighted by Crippen LogP contribution is 2.32. The van der Waals surface area contributed by atoms with Gasteiger partial charge in [0, 0.05) is 5.71 Å². The number of hydrogen-bond acceptors (Lipinski definition) is 1. The molecule has 1 aliphatic heterocycles. The van der Waals surface area contributed by atoms with Crippen molar-refractivity contribution in [2.75, 3.05) is 0 Å². The predicted molar refractivity (Wildman–Crippen MR) is 82.4 cm³/mol. The first-order valence-corrected chi connectivity index (χ1v) is 7.97. The van der Waals surface area contributed by atoms with Crippen LogP contribution in [0.5, 0.6) is 0 Å². The average Bonchev–Trinajstić information content (AvgIpc) is 2.38. The van der Waals surface area contributed by atoms with E-state index in [1.54, 1.807) is 0 Å². The minimum absolute atomic E-state index is 0.879. The van der Waals surface area contributed by atoms with Crippen molar-refractivity contribution < 1.29 is 0 Å². The third-order valence-corrected chi connectivity index (χ3v) is 4.69. The number of hydrogen-bond donors (Lipinski definition) is 0. The van der Waals surface area contributed by atoms with Crippen LogP contribution in [0.2, 0.25) is 0 Å². The van der Waals surface area contributed by atoms with Crippen LogP contribution in [0, 0.1) is 12.8 Å². The molecule has 2 aliphatic rings. The lowest BCUT2D eigenvalue weighted by Crippen LogP contribution is -2.13. The first-order chi connectivity index (χ1) is 9.31. The zero-order chi connectivity index (χ0) is 13.1. The first kappa shape index (κ1) is 12.9. The van der Waals surface area contributed by atoms with Gasteiger partial charge in [-0.15, -0.1) is 0 Å². The Morgan fingerprint density at radius 2 is 1.89 bits per heavy atom. The Morgan fingerprint density at radius 1 is 1.00 bits per heavy atom. The van der Waals surface area contributed by atoms with E-state index in [4.69, 9.17) is 4.99 Å². The van der Waals surface area contributed by atoms with Gasteiger partial charge in [-0.05, 0) is 56.6 Å². The average molecular weight is 255 g/mol. The SMILES string of the molecule is Cc1ccc2c(c1)CC1CCCCCCC(=N2)CC1. The molecule has 1 heterocycles. The van der Waals surface area contributed by atoms with Crippen LogP contribution < -0.4 is 0 Å². The van der Waals surface area contributed by atoms with E-state index in [0.29, 0.717) is 0 Å². The van der Waals surface area contributed by atoms with Crippen molar-refractivity contribution in [3.05, 3.63) is 29.3 Å². The Bertz CT molecular complexity index is 473. The van der Waals surface area contributed by atoms with Crippen LogP contribution in [0.3, 0.4) is 0 Å². The molecule has 0 radical (unpaired) electrons. The van der Waals surface area contributed by atoms with E-state index >= 15 is 0 Å². The van der Waals surface area contributed by atoms with Gasteiger partial charge in [-0.1, -0.05) is 43.4 Å². The van der Waals surface area contributed by atoms with Gasteiger partial charge < -0.3 is 0 Å². The number of aryl methyl sites for hydroxylation is 1. The van der Waals surface area contributed by atoms with Gasteiger partial charge in [0.05, 0.1) is 5.69 Å². The second-order valence-electron chi connectivity index (χ2n) is 6.37. The highest BCUT2D eigenvalue weighted by molar-refractivity contribution is 5.87. The molecule has 0 N–H and O–H groups in total. The Hall–Kier alpha value is -1.11. The van der Waals surface area contributed by atoms with Gasteiger partial charge in [0.15, 0.2) is 0 Å². The second kappa shape index (κ2) is 5.90. The fourth-order valence-electron chi connectivity index (χ4n) is 3.54. The van der Waals surface area contributed by atoms with Crippen LogP contribution in [0.25, 0.3) is 0 Å². The van der Waals surface area contributed by atoms with Crippen LogP contribution in [0.1, 0.15) is 62.5 Å². The summed E-state index contributed by atoms with van der Waals surface area (Å²) >= 11 is 0. The molecule has 1 heteroatoms. The molecule has 1 unspecified atom stereocenters. The molecule has 1 atom stereocenters. The van der Waals surface area contributed by atoms with Crippen molar-refractivity contribution in [3.63, 3.8) is 0 Å². The van der Waals surface area contributed by atoms with Crippen molar-refractivity contribution in [3.8, 4) is 0 Å². The minimum atomic E-state index is 0.879. The Labute approximate surface area is 117 Å². The Balaban J connectivity index is 1.97. The fourth-order valence-corrected chi connectivity index (χ4v) is 3.54. The molecule has 1 aliphatic carbocycles. The first-order valence-electron chi connectivity index (χ1n) is 7.97. The molecule has 0 amide bonds. The molecular formula is C18H25N. The standard InChI is InChI=1S/C18H25N/c1-14-8-11-18-16(12-14)13-15-6-4-2-3-5-7-17(19-18)10-9-15/h8,11-12,15H,2-7,9-10,13H2,1H3. The van der Waals surface area contributed by atoms with Gasteiger partial charge in [-0.2, -0.15) is 0 Å². The highest BCUT2D eigenvalue weighted by Gasteiger charge is 2.18. The second-order valence-corrected chi connectivity index (χ2v) is 6.37. The smallest absolute Gasteiger partial charge is 0.0661 e. The quantitative estimate of drug-likeness (QED) is 0.590. The minimum Gasteiger partial charge on any atom is -0.258 e. The summed E-state index contributed by atoms with van der Waals surface area (Å²) in [4.78, 5) is 4.99. The van der Waals surface area contributed by atoms with Crippen LogP contribution in [-0.2, 0) is 6.42 Å². The fraction of sp³-hybridized carbons (Fsp3) is 0.611. The van der Waals surface area contributed by atoms with E-state index in [1.165, 1.54) is 80.3 Å². The van der Waals surface area contributed by atoms with Gasteiger partial charge in [-0.3, -0.25) is 4.99 Å². The summed E-state index contributed by atoms with van der Waals surface area (Å²) in [5.74, 6) is 0.879. The molecule has 1 nitrogen and oxygen atoms in total. The number of rotatable bonds is 0. The van der Waals surface area contributed by atoms with Gasteiger partial charge in [0.1, 0.15) is 0 Å². The summed E-state index contributed by atoms with van der Waals surface area (Å²) in [6.07, 6.45) is 12.1. The van der Waals surface area contributed by atoms with Crippen LogP contribution in [0.4, 0.5) is 5.69 Å². The largest absolute Gasteiger partial charge is 0.258 e. The number of fused-ring (bicyclic) bond motifs is 4. The maximum absolute atomic E-state index is 4.99. The molecule has 1 fully saturated rings. The van der Waals surface area contributed by atoms with E-state index in [-0.39, 0.29) is 0 Å². The summed E-state index contributed by atoms with van der Waals surface area (Å²) < 4.78 is 0. The topological polar surface area (TPSA) is 12.4 Å². The molecule has 2 bridgehead atoms. The van der Waals surface area contributed by atoms with E-state index in [9.17, 15) is 0 Å². The van der Waals surface area contributed by atoms with Gasteiger partial charge in [0.2, 0.25) is 0 Å². The Morgan fingerprint density at radius 3 is 2.84 bits per heavy atom. The van der Waals surface area contributed by atoms with E-state index in [1.807, 2.05) is 0 Å². The van der Waals surface area contributed by atoms with Crippen molar-refractivity contribution in [1.82, 2.24) is 0 Å². The molecule has 19 heavy (non-hydrogen) atoms. The lowest BCUT2D eigenvalue weighted by atomic mass is 9.85. The molecule has 1 saturated carbocycles. The highest BCUT2D eigenvalue weighted by atomic mass is 14.8. The number of benzene rings is 1. The predicted octanol–water partition coefficient (Wildman–Crippen LogP) is 5.37. The van der Waals surface area contributed by atoms with Gasteiger partial charge >= 0.3 is 0 Å².